The number of rotatable bonds is 5. The van der Waals surface area contributed by atoms with E-state index in [1.54, 1.807) is 18.2 Å². The molecule has 0 saturated heterocycles. The Morgan fingerprint density at radius 3 is 2.54 bits per heavy atom. The molecule has 0 bridgehead atoms. The van der Waals surface area contributed by atoms with Crippen LogP contribution in [0.4, 0.5) is 5.69 Å². The van der Waals surface area contributed by atoms with Gasteiger partial charge in [0.2, 0.25) is 0 Å². The molecular formula is C17H16Cl2N2O3. The molecule has 3 N–H and O–H groups in total. The highest BCUT2D eigenvalue weighted by atomic mass is 35.5. The molecule has 126 valence electrons. The van der Waals surface area contributed by atoms with Crippen molar-refractivity contribution in [1.29, 1.82) is 0 Å². The summed E-state index contributed by atoms with van der Waals surface area (Å²) in [5.41, 5.74) is 6.91. The monoisotopic (exact) mass is 366 g/mol. The van der Waals surface area contributed by atoms with Crippen LogP contribution in [0.1, 0.15) is 28.9 Å². The van der Waals surface area contributed by atoms with Crippen molar-refractivity contribution < 1.29 is 14.3 Å². The first kappa shape index (κ1) is 18.1. The number of hydrogen-bond donors (Lipinski definition) is 2. The van der Waals surface area contributed by atoms with Gasteiger partial charge in [-0.25, -0.2) is 4.79 Å². The van der Waals surface area contributed by atoms with Crippen molar-refractivity contribution >= 4 is 40.8 Å². The SMILES string of the molecule is C[C@H](NC(=O)COC(=O)c1ccc(Cl)cc1N)c1cccc(Cl)c1. The Morgan fingerprint density at radius 2 is 1.88 bits per heavy atom. The zero-order valence-corrected chi connectivity index (χ0v) is 14.4. The van der Waals surface area contributed by atoms with E-state index in [0.717, 1.165) is 5.56 Å². The summed E-state index contributed by atoms with van der Waals surface area (Å²) in [5, 5.41) is 3.72. The molecule has 1 amide bonds. The lowest BCUT2D eigenvalue weighted by molar-refractivity contribution is -0.124. The molecule has 0 radical (unpaired) electrons. The number of carbonyl (C=O) groups is 2. The molecule has 2 aromatic rings. The molecule has 2 aromatic carbocycles. The molecule has 2 rings (SSSR count). The number of hydrogen-bond acceptors (Lipinski definition) is 4. The van der Waals surface area contributed by atoms with E-state index in [9.17, 15) is 9.59 Å². The lowest BCUT2D eigenvalue weighted by atomic mass is 10.1. The van der Waals surface area contributed by atoms with Crippen LogP contribution in [0.5, 0.6) is 0 Å². The van der Waals surface area contributed by atoms with Crippen molar-refractivity contribution in [3.63, 3.8) is 0 Å². The second-order valence-corrected chi connectivity index (χ2v) is 6.02. The van der Waals surface area contributed by atoms with Crippen molar-refractivity contribution in [1.82, 2.24) is 5.32 Å². The summed E-state index contributed by atoms with van der Waals surface area (Å²) in [6, 6.07) is 11.3. The summed E-state index contributed by atoms with van der Waals surface area (Å²) < 4.78 is 4.97. The molecule has 7 heteroatoms. The van der Waals surface area contributed by atoms with Crippen LogP contribution in [0.3, 0.4) is 0 Å². The van der Waals surface area contributed by atoms with Crippen molar-refractivity contribution in [2.24, 2.45) is 0 Å². The van der Waals surface area contributed by atoms with E-state index >= 15 is 0 Å². The van der Waals surface area contributed by atoms with Gasteiger partial charge in [-0.3, -0.25) is 4.79 Å². The number of carbonyl (C=O) groups excluding carboxylic acids is 2. The third kappa shape index (κ3) is 4.88. The highest BCUT2D eigenvalue weighted by Crippen LogP contribution is 2.19. The molecule has 0 fully saturated rings. The average molecular weight is 367 g/mol. The predicted octanol–water partition coefficient (Wildman–Crippen LogP) is 3.61. The Kier molecular flexibility index (Phi) is 6.06. The van der Waals surface area contributed by atoms with Gasteiger partial charge in [-0.05, 0) is 42.8 Å². The fraction of sp³-hybridized carbons (Fsp3) is 0.176. The molecule has 0 heterocycles. The largest absolute Gasteiger partial charge is 0.452 e. The number of benzene rings is 2. The molecule has 0 saturated carbocycles. The minimum atomic E-state index is -0.685. The first-order chi connectivity index (χ1) is 11.4. The van der Waals surface area contributed by atoms with Gasteiger partial charge in [0, 0.05) is 15.7 Å². The Balaban J connectivity index is 1.89. The molecule has 5 nitrogen and oxygen atoms in total. The van der Waals surface area contributed by atoms with Crippen LogP contribution in [0, 0.1) is 0 Å². The van der Waals surface area contributed by atoms with Crippen LogP contribution in [0.25, 0.3) is 0 Å². The molecule has 0 aliphatic heterocycles. The van der Waals surface area contributed by atoms with E-state index in [2.05, 4.69) is 5.32 Å². The zero-order chi connectivity index (χ0) is 17.7. The second-order valence-electron chi connectivity index (χ2n) is 5.15. The van der Waals surface area contributed by atoms with Crippen LogP contribution in [0.2, 0.25) is 10.0 Å². The zero-order valence-electron chi connectivity index (χ0n) is 12.9. The molecule has 0 spiro atoms. The van der Waals surface area contributed by atoms with Crippen LogP contribution in [-0.4, -0.2) is 18.5 Å². The van der Waals surface area contributed by atoms with Gasteiger partial charge in [-0.1, -0.05) is 35.3 Å². The molecule has 1 atom stereocenters. The van der Waals surface area contributed by atoms with Gasteiger partial charge in [0.15, 0.2) is 6.61 Å². The van der Waals surface area contributed by atoms with Gasteiger partial charge in [-0.2, -0.15) is 0 Å². The molecule has 24 heavy (non-hydrogen) atoms. The molecule has 0 unspecified atom stereocenters. The van der Waals surface area contributed by atoms with Crippen molar-refractivity contribution in [3.8, 4) is 0 Å². The van der Waals surface area contributed by atoms with Crippen LogP contribution in [0.15, 0.2) is 42.5 Å². The fourth-order valence-electron chi connectivity index (χ4n) is 2.07. The van der Waals surface area contributed by atoms with E-state index in [1.807, 2.05) is 13.0 Å². The highest BCUT2D eigenvalue weighted by molar-refractivity contribution is 6.31. The Hall–Kier alpha value is -2.24. The third-order valence-corrected chi connectivity index (χ3v) is 3.76. The van der Waals surface area contributed by atoms with Gasteiger partial charge in [0.05, 0.1) is 11.6 Å². The summed E-state index contributed by atoms with van der Waals surface area (Å²) in [6.45, 7) is 1.40. The lowest BCUT2D eigenvalue weighted by Crippen LogP contribution is -2.31. The number of nitrogen functional groups attached to an aromatic ring is 1. The van der Waals surface area contributed by atoms with E-state index in [1.165, 1.54) is 18.2 Å². The maximum absolute atomic E-state index is 11.9. The number of anilines is 1. The fourth-order valence-corrected chi connectivity index (χ4v) is 2.45. The van der Waals surface area contributed by atoms with Gasteiger partial charge in [0.1, 0.15) is 0 Å². The van der Waals surface area contributed by atoms with E-state index in [0.29, 0.717) is 10.0 Å². The van der Waals surface area contributed by atoms with Crippen LogP contribution < -0.4 is 11.1 Å². The van der Waals surface area contributed by atoms with E-state index in [4.69, 9.17) is 33.7 Å². The van der Waals surface area contributed by atoms with Crippen LogP contribution in [-0.2, 0) is 9.53 Å². The lowest BCUT2D eigenvalue weighted by Gasteiger charge is -2.15. The Bertz CT molecular complexity index is 765. The summed E-state index contributed by atoms with van der Waals surface area (Å²) >= 11 is 11.7. The van der Waals surface area contributed by atoms with Crippen LogP contribution >= 0.6 is 23.2 Å². The quantitative estimate of drug-likeness (QED) is 0.625. The summed E-state index contributed by atoms with van der Waals surface area (Å²) in [5.74, 6) is -1.11. The summed E-state index contributed by atoms with van der Waals surface area (Å²) in [6.07, 6.45) is 0. The van der Waals surface area contributed by atoms with E-state index in [-0.39, 0.29) is 17.3 Å². The standard InChI is InChI=1S/C17H16Cl2N2O3/c1-10(11-3-2-4-12(18)7-11)21-16(22)9-24-17(23)14-6-5-13(19)8-15(14)20/h2-8,10H,9,20H2,1H3,(H,21,22)/t10-/m0/s1. The maximum Gasteiger partial charge on any atom is 0.340 e. The second kappa shape index (κ2) is 8.04. The first-order valence-electron chi connectivity index (χ1n) is 7.14. The summed E-state index contributed by atoms with van der Waals surface area (Å²) in [7, 11) is 0. The highest BCUT2D eigenvalue weighted by Gasteiger charge is 2.15. The predicted molar refractivity (Wildman–Crippen MR) is 94.2 cm³/mol. The van der Waals surface area contributed by atoms with Gasteiger partial charge >= 0.3 is 5.97 Å². The van der Waals surface area contributed by atoms with Gasteiger partial charge in [-0.15, -0.1) is 0 Å². The van der Waals surface area contributed by atoms with Gasteiger partial charge in [0.25, 0.3) is 5.91 Å². The number of amides is 1. The maximum atomic E-state index is 11.9. The van der Waals surface area contributed by atoms with Gasteiger partial charge < -0.3 is 15.8 Å². The minimum Gasteiger partial charge on any atom is -0.452 e. The topological polar surface area (TPSA) is 81.4 Å². The average Bonchev–Trinajstić information content (AvgIpc) is 2.52. The number of ether oxygens (including phenoxy) is 1. The smallest absolute Gasteiger partial charge is 0.340 e. The molecule has 0 aliphatic rings. The van der Waals surface area contributed by atoms with E-state index < -0.39 is 18.5 Å². The third-order valence-electron chi connectivity index (χ3n) is 3.29. The molecule has 0 aliphatic carbocycles. The first-order valence-corrected chi connectivity index (χ1v) is 7.89. The van der Waals surface area contributed by atoms with Crippen molar-refractivity contribution in [3.05, 3.63) is 63.6 Å². The number of nitrogens with two attached hydrogens (primary N) is 1. The minimum absolute atomic E-state index is 0.162. The van der Waals surface area contributed by atoms with Crippen molar-refractivity contribution in [2.75, 3.05) is 12.3 Å². The summed E-state index contributed by atoms with van der Waals surface area (Å²) in [4.78, 5) is 23.9. The van der Waals surface area contributed by atoms with Crippen molar-refractivity contribution in [2.45, 2.75) is 13.0 Å². The number of esters is 1. The number of halogens is 2. The Morgan fingerprint density at radius 1 is 1.17 bits per heavy atom. The molecule has 0 aromatic heterocycles. The normalized spacial score (nSPS) is 11.6. The number of nitrogens with one attached hydrogen (secondary N) is 1. The Labute approximate surface area is 149 Å². The molecular weight excluding hydrogens is 351 g/mol.